The Balaban J connectivity index is 1.38. The number of hydrogen-bond donors (Lipinski definition) is 2. The Morgan fingerprint density at radius 3 is 2.88 bits per heavy atom. The second kappa shape index (κ2) is 6.67. The average Bonchev–Trinajstić information content (AvgIpc) is 3.23. The molecule has 2 heterocycles. The summed E-state index contributed by atoms with van der Waals surface area (Å²) < 4.78 is 19.6. The maximum atomic E-state index is 14.2. The van der Waals surface area contributed by atoms with Gasteiger partial charge in [-0.25, -0.2) is 14.4 Å². The van der Waals surface area contributed by atoms with Gasteiger partial charge in [0.2, 0.25) is 5.89 Å². The topological polar surface area (TPSA) is 97.0 Å². The van der Waals surface area contributed by atoms with Gasteiger partial charge in [-0.15, -0.1) is 0 Å². The van der Waals surface area contributed by atoms with Crippen LogP contribution in [0.5, 0.6) is 0 Å². The molecule has 3 atom stereocenters. The van der Waals surface area contributed by atoms with Crippen molar-refractivity contribution < 1.29 is 14.0 Å². The molecule has 2 fully saturated rings. The van der Waals surface area contributed by atoms with Crippen molar-refractivity contribution in [2.75, 3.05) is 11.9 Å². The van der Waals surface area contributed by atoms with E-state index in [2.05, 4.69) is 25.4 Å². The molecule has 2 aromatic heterocycles. The fourth-order valence-electron chi connectivity index (χ4n) is 3.45. The lowest BCUT2D eigenvalue weighted by Gasteiger charge is -2.16. The summed E-state index contributed by atoms with van der Waals surface area (Å²) in [5, 5.41) is 17.4. The van der Waals surface area contributed by atoms with Crippen molar-refractivity contribution in [1.82, 2.24) is 20.1 Å². The molecule has 0 saturated heterocycles. The Kier molecular flexibility index (Phi) is 4.37. The van der Waals surface area contributed by atoms with Crippen molar-refractivity contribution in [2.45, 2.75) is 57.0 Å². The Morgan fingerprint density at radius 1 is 1.28 bits per heavy atom. The molecule has 8 heteroatoms. The highest BCUT2D eigenvalue weighted by Crippen LogP contribution is 2.41. The number of rotatable bonds is 6. The van der Waals surface area contributed by atoms with Crippen LogP contribution in [0.25, 0.3) is 0 Å². The highest BCUT2D eigenvalue weighted by Gasteiger charge is 2.38. The molecule has 0 radical (unpaired) electrons. The predicted molar refractivity (Wildman–Crippen MR) is 87.6 cm³/mol. The molecule has 4 rings (SSSR count). The third-order valence-corrected chi connectivity index (χ3v) is 5.13. The Bertz CT molecular complexity index is 748. The molecular weight excluding hydrogens is 325 g/mol. The molecule has 2 aromatic rings. The average molecular weight is 347 g/mol. The van der Waals surface area contributed by atoms with E-state index in [-0.39, 0.29) is 17.7 Å². The van der Waals surface area contributed by atoms with Crippen LogP contribution in [0.2, 0.25) is 0 Å². The Labute approximate surface area is 145 Å². The van der Waals surface area contributed by atoms with E-state index in [0.29, 0.717) is 36.9 Å². The fraction of sp³-hybridized carbons (Fsp3) is 0.647. The molecule has 7 nitrogen and oxygen atoms in total. The molecule has 0 aromatic carbocycles. The maximum absolute atomic E-state index is 14.2. The zero-order chi connectivity index (χ0) is 17.4. The third kappa shape index (κ3) is 3.35. The van der Waals surface area contributed by atoms with Crippen molar-refractivity contribution in [1.29, 1.82) is 0 Å². The zero-order valence-electron chi connectivity index (χ0n) is 14.2. The van der Waals surface area contributed by atoms with E-state index in [1.54, 1.807) is 0 Å². The number of halogens is 1. The van der Waals surface area contributed by atoms with Crippen LogP contribution < -0.4 is 5.32 Å². The second-order valence-electron chi connectivity index (χ2n) is 6.98. The summed E-state index contributed by atoms with van der Waals surface area (Å²) in [6.07, 6.45) is 4.96. The lowest BCUT2D eigenvalue weighted by atomic mass is 10.0. The number of nitrogens with one attached hydrogen (secondary N) is 1. The lowest BCUT2D eigenvalue weighted by Crippen LogP contribution is -2.23. The van der Waals surface area contributed by atoms with E-state index in [1.807, 2.05) is 6.92 Å². The molecule has 2 N–H and O–H groups in total. The Morgan fingerprint density at radius 2 is 2.12 bits per heavy atom. The van der Waals surface area contributed by atoms with Crippen LogP contribution >= 0.6 is 0 Å². The smallest absolute Gasteiger partial charge is 0.229 e. The van der Waals surface area contributed by atoms with Crippen LogP contribution in [-0.2, 0) is 6.42 Å². The molecule has 0 aliphatic heterocycles. The van der Waals surface area contributed by atoms with Gasteiger partial charge in [-0.2, -0.15) is 4.98 Å². The van der Waals surface area contributed by atoms with Gasteiger partial charge in [-0.1, -0.05) is 12.1 Å². The summed E-state index contributed by atoms with van der Waals surface area (Å²) in [7, 11) is 0. The SMILES string of the molecule is CCc1ncnc(NC[C@H]2C[C@H](c3nc(C4CC4)no3)C[C@H]2O)c1F. The molecule has 0 spiro atoms. The molecule has 2 aliphatic rings. The van der Waals surface area contributed by atoms with E-state index in [1.165, 1.54) is 6.33 Å². The van der Waals surface area contributed by atoms with Crippen LogP contribution in [0.4, 0.5) is 10.2 Å². The summed E-state index contributed by atoms with van der Waals surface area (Å²) in [6, 6.07) is 0. The number of aryl methyl sites for hydroxylation is 1. The number of aromatic nitrogens is 4. The molecule has 0 unspecified atom stereocenters. The van der Waals surface area contributed by atoms with Gasteiger partial charge in [0.15, 0.2) is 17.5 Å². The summed E-state index contributed by atoms with van der Waals surface area (Å²) >= 11 is 0. The van der Waals surface area contributed by atoms with E-state index in [4.69, 9.17) is 4.52 Å². The molecular formula is C17H22FN5O2. The highest BCUT2D eigenvalue weighted by molar-refractivity contribution is 5.37. The fourth-order valence-corrected chi connectivity index (χ4v) is 3.45. The first-order chi connectivity index (χ1) is 12.2. The largest absolute Gasteiger partial charge is 0.393 e. The van der Waals surface area contributed by atoms with Gasteiger partial charge in [-0.05, 0) is 32.1 Å². The number of nitrogens with zero attached hydrogens (tertiary/aromatic N) is 4. The van der Waals surface area contributed by atoms with Gasteiger partial charge in [0.1, 0.15) is 6.33 Å². The maximum Gasteiger partial charge on any atom is 0.229 e. The molecule has 2 aliphatic carbocycles. The summed E-state index contributed by atoms with van der Waals surface area (Å²) in [6.45, 7) is 2.29. The van der Waals surface area contributed by atoms with E-state index >= 15 is 0 Å². The third-order valence-electron chi connectivity index (χ3n) is 5.13. The summed E-state index contributed by atoms with van der Waals surface area (Å²) in [4.78, 5) is 12.4. The minimum atomic E-state index is -0.482. The molecule has 2 saturated carbocycles. The first-order valence-electron chi connectivity index (χ1n) is 8.90. The van der Waals surface area contributed by atoms with Crippen LogP contribution in [0.3, 0.4) is 0 Å². The minimum absolute atomic E-state index is 0.0132. The first kappa shape index (κ1) is 16.4. The molecule has 0 bridgehead atoms. The second-order valence-corrected chi connectivity index (χ2v) is 6.98. The monoisotopic (exact) mass is 347 g/mol. The molecule has 25 heavy (non-hydrogen) atoms. The van der Waals surface area contributed by atoms with Crippen molar-refractivity contribution >= 4 is 5.82 Å². The molecule has 0 amide bonds. The van der Waals surface area contributed by atoms with Gasteiger partial charge in [0.05, 0.1) is 11.8 Å². The van der Waals surface area contributed by atoms with Crippen LogP contribution in [-0.4, -0.2) is 37.9 Å². The van der Waals surface area contributed by atoms with Crippen LogP contribution in [0, 0.1) is 11.7 Å². The van der Waals surface area contributed by atoms with Crippen LogP contribution in [0.1, 0.15) is 61.9 Å². The van der Waals surface area contributed by atoms with E-state index in [9.17, 15) is 9.50 Å². The van der Waals surface area contributed by atoms with Crippen molar-refractivity contribution in [3.05, 3.63) is 29.6 Å². The van der Waals surface area contributed by atoms with Gasteiger partial charge >= 0.3 is 0 Å². The van der Waals surface area contributed by atoms with Crippen molar-refractivity contribution in [3.63, 3.8) is 0 Å². The number of anilines is 1. The highest BCUT2D eigenvalue weighted by atomic mass is 19.1. The van der Waals surface area contributed by atoms with Crippen molar-refractivity contribution in [3.8, 4) is 0 Å². The van der Waals surface area contributed by atoms with Gasteiger partial charge < -0.3 is 14.9 Å². The first-order valence-corrected chi connectivity index (χ1v) is 8.90. The number of aliphatic hydroxyl groups excluding tert-OH is 1. The lowest BCUT2D eigenvalue weighted by molar-refractivity contribution is 0.137. The van der Waals surface area contributed by atoms with E-state index in [0.717, 1.165) is 25.1 Å². The summed E-state index contributed by atoms with van der Waals surface area (Å²) in [5.41, 5.74) is 0.390. The standard InChI is InChI=1S/C17H22FN5O2/c1-2-12-14(18)16(21-8-20-12)19-7-11-5-10(6-13(11)24)17-22-15(23-25-17)9-3-4-9/h8-11,13,24H,2-7H2,1H3,(H,19,20,21)/t10-,11+,13+/m0/s1. The van der Waals surface area contributed by atoms with Crippen molar-refractivity contribution in [2.24, 2.45) is 5.92 Å². The van der Waals surface area contributed by atoms with Gasteiger partial charge in [0.25, 0.3) is 0 Å². The number of aliphatic hydroxyl groups is 1. The van der Waals surface area contributed by atoms with Gasteiger partial charge in [-0.3, -0.25) is 0 Å². The van der Waals surface area contributed by atoms with Crippen LogP contribution in [0.15, 0.2) is 10.9 Å². The minimum Gasteiger partial charge on any atom is -0.393 e. The predicted octanol–water partition coefficient (Wildman–Crippen LogP) is 2.41. The normalized spacial score (nSPS) is 26.1. The molecule has 134 valence electrons. The van der Waals surface area contributed by atoms with E-state index < -0.39 is 11.9 Å². The number of hydrogen-bond acceptors (Lipinski definition) is 7. The van der Waals surface area contributed by atoms with Gasteiger partial charge in [0, 0.05) is 24.3 Å². The quantitative estimate of drug-likeness (QED) is 0.828. The zero-order valence-corrected chi connectivity index (χ0v) is 14.2. The Hall–Kier alpha value is -2.09. The summed E-state index contributed by atoms with van der Waals surface area (Å²) in [5.74, 6) is 1.68.